The second kappa shape index (κ2) is 9.58. The van der Waals surface area contributed by atoms with Crippen molar-refractivity contribution in [2.45, 2.75) is 6.54 Å². The Hall–Kier alpha value is -1.07. The summed E-state index contributed by atoms with van der Waals surface area (Å²) >= 11 is 5.17. The van der Waals surface area contributed by atoms with E-state index in [1.54, 1.807) is 30.5 Å². The number of nitrogens with zero attached hydrogens (tertiary/aromatic N) is 3. The van der Waals surface area contributed by atoms with Crippen molar-refractivity contribution >= 4 is 63.1 Å². The molecule has 0 atom stereocenters. The number of hydrogen-bond acceptors (Lipinski definition) is 4. The van der Waals surface area contributed by atoms with Gasteiger partial charge in [0.25, 0.3) is 5.91 Å². The lowest BCUT2D eigenvalue weighted by Gasteiger charge is -2.36. The molecule has 25 heavy (non-hydrogen) atoms. The quantitative estimate of drug-likeness (QED) is 0.370. The number of thiophene rings is 1. The summed E-state index contributed by atoms with van der Waals surface area (Å²) in [6.45, 7) is 3.56. The smallest absolute Gasteiger partial charge is 0.289 e. The van der Waals surface area contributed by atoms with Gasteiger partial charge in [-0.25, -0.2) is 0 Å². The molecule has 9 heteroatoms. The first kappa shape index (κ1) is 20.2. The van der Waals surface area contributed by atoms with E-state index in [0.717, 1.165) is 30.1 Å². The van der Waals surface area contributed by atoms with Gasteiger partial charge in [-0.1, -0.05) is 0 Å². The summed E-state index contributed by atoms with van der Waals surface area (Å²) in [7, 11) is 1.78. The minimum Gasteiger partial charge on any atom is -0.459 e. The first-order valence-electron chi connectivity index (χ1n) is 7.68. The molecule has 0 radical (unpaired) electrons. The second-order valence-electron chi connectivity index (χ2n) is 5.39. The third-order valence-corrected chi connectivity index (χ3v) is 5.55. The van der Waals surface area contributed by atoms with Crippen LogP contribution in [0.2, 0.25) is 0 Å². The number of hydrogen-bond donors (Lipinski definition) is 1. The molecule has 3 rings (SSSR count). The van der Waals surface area contributed by atoms with Gasteiger partial charge in [0.15, 0.2) is 11.7 Å². The van der Waals surface area contributed by atoms with Crippen LogP contribution in [-0.4, -0.2) is 54.9 Å². The number of amides is 1. The average Bonchev–Trinajstić information content (AvgIpc) is 3.27. The summed E-state index contributed by atoms with van der Waals surface area (Å²) in [5, 5.41) is 5.45. The highest BCUT2D eigenvalue weighted by Gasteiger charge is 2.25. The number of piperazine rings is 1. The van der Waals surface area contributed by atoms with Gasteiger partial charge in [-0.15, -0.1) is 35.3 Å². The predicted molar refractivity (Wildman–Crippen MR) is 114 cm³/mol. The monoisotopic (exact) mass is 538 g/mol. The molecule has 1 amide bonds. The fraction of sp³-hybridized carbons (Fsp3) is 0.375. The lowest BCUT2D eigenvalue weighted by Crippen LogP contribution is -2.53. The molecule has 0 aromatic carbocycles. The van der Waals surface area contributed by atoms with Crippen molar-refractivity contribution in [3.05, 3.63) is 45.0 Å². The fourth-order valence-electron chi connectivity index (χ4n) is 2.62. The highest BCUT2D eigenvalue weighted by Crippen LogP contribution is 2.19. The maximum atomic E-state index is 12.3. The van der Waals surface area contributed by atoms with Gasteiger partial charge in [-0.2, -0.15) is 0 Å². The minimum atomic E-state index is -0.0500. The highest BCUT2D eigenvalue weighted by molar-refractivity contribution is 14.0. The number of rotatable bonds is 3. The Morgan fingerprint density at radius 1 is 1.36 bits per heavy atom. The van der Waals surface area contributed by atoms with Gasteiger partial charge in [0, 0.05) is 48.0 Å². The molecular formula is C16H20BrIN4O2S. The van der Waals surface area contributed by atoms with E-state index in [1.807, 2.05) is 4.90 Å². The van der Waals surface area contributed by atoms with Crippen LogP contribution in [-0.2, 0) is 6.54 Å². The number of guanidine groups is 1. The van der Waals surface area contributed by atoms with Crippen LogP contribution in [0.4, 0.5) is 0 Å². The molecule has 0 aliphatic carbocycles. The van der Waals surface area contributed by atoms with Gasteiger partial charge < -0.3 is 19.5 Å². The van der Waals surface area contributed by atoms with E-state index in [1.165, 1.54) is 11.1 Å². The minimum absolute atomic E-state index is 0. The van der Waals surface area contributed by atoms with Gasteiger partial charge in [-0.05, 0) is 34.1 Å². The van der Waals surface area contributed by atoms with E-state index < -0.39 is 0 Å². The van der Waals surface area contributed by atoms with Gasteiger partial charge in [-0.3, -0.25) is 9.79 Å². The van der Waals surface area contributed by atoms with E-state index in [0.29, 0.717) is 18.8 Å². The summed E-state index contributed by atoms with van der Waals surface area (Å²) in [6, 6.07) is 5.54. The van der Waals surface area contributed by atoms with Crippen LogP contribution >= 0.6 is 51.2 Å². The van der Waals surface area contributed by atoms with Crippen molar-refractivity contribution in [1.82, 2.24) is 15.1 Å². The number of aliphatic imine (C=N–C) groups is 1. The van der Waals surface area contributed by atoms with Crippen LogP contribution in [0, 0.1) is 0 Å². The molecule has 1 N–H and O–H groups in total. The van der Waals surface area contributed by atoms with Crippen molar-refractivity contribution in [2.24, 2.45) is 4.99 Å². The molecule has 3 heterocycles. The molecular weight excluding hydrogens is 519 g/mol. The molecule has 6 nitrogen and oxygen atoms in total. The van der Waals surface area contributed by atoms with Crippen molar-refractivity contribution in [3.8, 4) is 0 Å². The number of carbonyl (C=O) groups excluding carboxylic acids is 1. The van der Waals surface area contributed by atoms with E-state index in [9.17, 15) is 4.79 Å². The fourth-order valence-corrected chi connectivity index (χ4v) is 4.01. The molecule has 0 unspecified atom stereocenters. The zero-order valence-corrected chi connectivity index (χ0v) is 18.5. The SMILES string of the molecule is CN=C(NCc1cc(Br)cs1)N1CCN(C(=O)c2ccco2)CC1.I. The molecule has 136 valence electrons. The van der Waals surface area contributed by atoms with Crippen LogP contribution in [0.1, 0.15) is 15.4 Å². The third kappa shape index (κ3) is 5.20. The summed E-state index contributed by atoms with van der Waals surface area (Å²) in [5.74, 6) is 1.21. The Morgan fingerprint density at radius 3 is 2.64 bits per heavy atom. The molecule has 2 aromatic rings. The van der Waals surface area contributed by atoms with Crippen LogP contribution in [0.25, 0.3) is 0 Å². The van der Waals surface area contributed by atoms with Crippen LogP contribution < -0.4 is 5.32 Å². The molecule has 0 spiro atoms. The summed E-state index contributed by atoms with van der Waals surface area (Å²) in [4.78, 5) is 21.9. The predicted octanol–water partition coefficient (Wildman–Crippen LogP) is 3.26. The van der Waals surface area contributed by atoms with Crippen molar-refractivity contribution in [2.75, 3.05) is 33.2 Å². The molecule has 1 saturated heterocycles. The normalized spacial score (nSPS) is 15.0. The van der Waals surface area contributed by atoms with Crippen molar-refractivity contribution < 1.29 is 9.21 Å². The Kier molecular flexibility index (Phi) is 7.76. The Balaban J connectivity index is 0.00000225. The molecule has 1 aliphatic heterocycles. The van der Waals surface area contributed by atoms with Gasteiger partial charge in [0.05, 0.1) is 12.8 Å². The maximum Gasteiger partial charge on any atom is 0.289 e. The number of carbonyl (C=O) groups is 1. The number of nitrogens with one attached hydrogen (secondary N) is 1. The average molecular weight is 539 g/mol. The van der Waals surface area contributed by atoms with Gasteiger partial charge in [0.1, 0.15) is 0 Å². The molecule has 1 fully saturated rings. The lowest BCUT2D eigenvalue weighted by atomic mass is 10.3. The number of furan rings is 1. The highest BCUT2D eigenvalue weighted by atomic mass is 127. The Morgan fingerprint density at radius 2 is 2.08 bits per heavy atom. The zero-order valence-electron chi connectivity index (χ0n) is 13.8. The van der Waals surface area contributed by atoms with Crippen LogP contribution in [0.15, 0.2) is 43.7 Å². The Bertz CT molecular complexity index is 712. The first-order valence-corrected chi connectivity index (χ1v) is 9.36. The summed E-state index contributed by atoms with van der Waals surface area (Å²) in [5.41, 5.74) is 0. The summed E-state index contributed by atoms with van der Waals surface area (Å²) < 4.78 is 6.29. The van der Waals surface area contributed by atoms with E-state index in [-0.39, 0.29) is 29.9 Å². The zero-order chi connectivity index (χ0) is 16.9. The largest absolute Gasteiger partial charge is 0.459 e. The first-order chi connectivity index (χ1) is 11.7. The van der Waals surface area contributed by atoms with Crippen LogP contribution in [0.5, 0.6) is 0 Å². The number of halogens is 2. The van der Waals surface area contributed by atoms with E-state index in [4.69, 9.17) is 4.42 Å². The molecule has 2 aromatic heterocycles. The second-order valence-corrected chi connectivity index (χ2v) is 7.30. The topological polar surface area (TPSA) is 61.1 Å². The van der Waals surface area contributed by atoms with Gasteiger partial charge >= 0.3 is 0 Å². The third-order valence-electron chi connectivity index (χ3n) is 3.85. The standard InChI is InChI=1S/C16H19BrN4O2S.HI/c1-18-16(19-10-13-9-12(17)11-24-13)21-6-4-20(5-7-21)15(22)14-3-2-8-23-14;/h2-3,8-9,11H,4-7,10H2,1H3,(H,18,19);1H. The van der Waals surface area contributed by atoms with Crippen molar-refractivity contribution in [1.29, 1.82) is 0 Å². The van der Waals surface area contributed by atoms with Crippen LogP contribution in [0.3, 0.4) is 0 Å². The molecule has 0 bridgehead atoms. The van der Waals surface area contributed by atoms with E-state index in [2.05, 4.69) is 42.6 Å². The molecule has 1 aliphatic rings. The summed E-state index contributed by atoms with van der Waals surface area (Å²) in [6.07, 6.45) is 1.53. The maximum absolute atomic E-state index is 12.3. The van der Waals surface area contributed by atoms with Gasteiger partial charge in [0.2, 0.25) is 0 Å². The Labute approximate surface area is 176 Å². The lowest BCUT2D eigenvalue weighted by molar-refractivity contribution is 0.0657. The molecule has 0 saturated carbocycles. The van der Waals surface area contributed by atoms with E-state index >= 15 is 0 Å². The van der Waals surface area contributed by atoms with Crippen molar-refractivity contribution in [3.63, 3.8) is 0 Å².